The molecule has 3 N–H and O–H groups in total. The molecule has 0 radical (unpaired) electrons. The van der Waals surface area contributed by atoms with Gasteiger partial charge in [0.25, 0.3) is 5.91 Å². The molecular weight excluding hydrogens is 314 g/mol. The lowest BCUT2D eigenvalue weighted by atomic mass is 10.2. The average molecular weight is 334 g/mol. The molecule has 0 aliphatic carbocycles. The smallest absolute Gasteiger partial charge is 0.286 e. The Balaban J connectivity index is 1.66. The van der Waals surface area contributed by atoms with E-state index in [1.807, 2.05) is 6.07 Å². The van der Waals surface area contributed by atoms with Crippen molar-refractivity contribution in [2.24, 2.45) is 4.99 Å². The molecule has 2 heterocycles. The molecular formula is C16H20N3O3S+. The first-order valence-electron chi connectivity index (χ1n) is 7.67. The number of phenols is 1. The largest absolute Gasteiger partial charge is 0.507 e. The van der Waals surface area contributed by atoms with Gasteiger partial charge in [-0.3, -0.25) is 4.79 Å². The number of aliphatic imine (C=N–C) groups is 1. The van der Waals surface area contributed by atoms with Crippen molar-refractivity contribution in [2.75, 3.05) is 39.3 Å². The Morgan fingerprint density at radius 3 is 2.74 bits per heavy atom. The number of thioether (sulfide) groups is 1. The van der Waals surface area contributed by atoms with Crippen LogP contribution in [0.5, 0.6) is 5.75 Å². The third kappa shape index (κ3) is 3.74. The highest BCUT2D eigenvalue weighted by Gasteiger charge is 2.29. The van der Waals surface area contributed by atoms with Gasteiger partial charge in [0.05, 0.1) is 37.7 Å². The van der Waals surface area contributed by atoms with E-state index < -0.39 is 0 Å². The van der Waals surface area contributed by atoms with Gasteiger partial charge < -0.3 is 20.0 Å². The summed E-state index contributed by atoms with van der Waals surface area (Å²) in [6.45, 7) is 4.51. The molecule has 0 spiro atoms. The van der Waals surface area contributed by atoms with Crippen LogP contribution >= 0.6 is 11.8 Å². The zero-order valence-electron chi connectivity index (χ0n) is 12.7. The van der Waals surface area contributed by atoms with Crippen LogP contribution in [0.15, 0.2) is 34.2 Å². The Hall–Kier alpha value is -1.83. The second kappa shape index (κ2) is 7.16. The molecule has 1 fully saturated rings. The summed E-state index contributed by atoms with van der Waals surface area (Å²) < 4.78 is 0. The topological polar surface area (TPSA) is 77.6 Å². The molecule has 1 saturated heterocycles. The third-order valence-corrected chi connectivity index (χ3v) is 5.08. The number of hydrogen-bond acceptors (Lipinski definition) is 5. The van der Waals surface area contributed by atoms with Crippen LogP contribution in [-0.4, -0.2) is 65.5 Å². The number of aromatic hydroxyl groups is 1. The molecule has 0 saturated carbocycles. The van der Waals surface area contributed by atoms with E-state index in [1.54, 1.807) is 24.3 Å². The first kappa shape index (κ1) is 16.0. The molecule has 23 heavy (non-hydrogen) atoms. The number of amidine groups is 1. The number of carbonyl (C=O) groups excluding carboxylic acids is 1. The van der Waals surface area contributed by atoms with Gasteiger partial charge in [0.1, 0.15) is 12.3 Å². The second-order valence-electron chi connectivity index (χ2n) is 5.58. The van der Waals surface area contributed by atoms with E-state index in [0.29, 0.717) is 10.5 Å². The fraction of sp³-hybridized carbons (Fsp3) is 0.375. The van der Waals surface area contributed by atoms with Crippen LogP contribution in [0.3, 0.4) is 0 Å². The number of carbonyl (C=O) groups is 1. The SMILES string of the molecule is O=C1N=C(N2CC[NH+](CCO)CC2)S/C1=C\c1ccccc1O. The van der Waals surface area contributed by atoms with Crippen molar-refractivity contribution in [2.45, 2.75) is 0 Å². The monoisotopic (exact) mass is 334 g/mol. The van der Waals surface area contributed by atoms with E-state index in [1.165, 1.54) is 16.7 Å². The van der Waals surface area contributed by atoms with Crippen molar-refractivity contribution in [3.8, 4) is 5.75 Å². The van der Waals surface area contributed by atoms with Gasteiger partial charge in [-0.25, -0.2) is 0 Å². The van der Waals surface area contributed by atoms with E-state index in [0.717, 1.165) is 37.9 Å². The Morgan fingerprint density at radius 1 is 1.30 bits per heavy atom. The second-order valence-corrected chi connectivity index (χ2v) is 6.59. The van der Waals surface area contributed by atoms with Gasteiger partial charge in [0, 0.05) is 5.56 Å². The molecule has 0 aromatic heterocycles. The Bertz CT molecular complexity index is 652. The molecule has 122 valence electrons. The summed E-state index contributed by atoms with van der Waals surface area (Å²) in [4.78, 5) is 20.3. The van der Waals surface area contributed by atoms with E-state index >= 15 is 0 Å². The van der Waals surface area contributed by atoms with Crippen molar-refractivity contribution in [1.82, 2.24) is 4.90 Å². The standard InChI is InChI=1S/C16H19N3O3S/c20-10-9-18-5-7-19(8-6-18)16-17-15(22)14(23-16)11-12-3-1-2-4-13(12)21/h1-4,11,20-21H,5-10H2/p+1/b14-11-. The minimum Gasteiger partial charge on any atom is -0.507 e. The van der Waals surface area contributed by atoms with Crippen molar-refractivity contribution in [1.29, 1.82) is 0 Å². The predicted molar refractivity (Wildman–Crippen MR) is 90.3 cm³/mol. The van der Waals surface area contributed by atoms with Crippen LogP contribution < -0.4 is 4.90 Å². The molecule has 6 nitrogen and oxygen atoms in total. The highest BCUT2D eigenvalue weighted by molar-refractivity contribution is 8.18. The van der Waals surface area contributed by atoms with Gasteiger partial charge in [0.2, 0.25) is 0 Å². The minimum absolute atomic E-state index is 0.156. The van der Waals surface area contributed by atoms with Gasteiger partial charge >= 0.3 is 0 Å². The van der Waals surface area contributed by atoms with E-state index in [4.69, 9.17) is 5.11 Å². The van der Waals surface area contributed by atoms with Gasteiger partial charge in [-0.1, -0.05) is 18.2 Å². The van der Waals surface area contributed by atoms with Crippen LogP contribution in [-0.2, 0) is 4.79 Å². The van der Waals surface area contributed by atoms with Crippen molar-refractivity contribution < 1.29 is 19.9 Å². The minimum atomic E-state index is -0.251. The summed E-state index contributed by atoms with van der Waals surface area (Å²) in [7, 11) is 0. The molecule has 1 aromatic rings. The van der Waals surface area contributed by atoms with Gasteiger partial charge in [0.15, 0.2) is 5.17 Å². The summed E-state index contributed by atoms with van der Waals surface area (Å²) in [5, 5.41) is 19.5. The van der Waals surface area contributed by atoms with Crippen LogP contribution in [0.4, 0.5) is 0 Å². The number of piperazine rings is 1. The number of aliphatic hydroxyl groups is 1. The zero-order chi connectivity index (χ0) is 16.2. The summed E-state index contributed by atoms with van der Waals surface area (Å²) >= 11 is 1.36. The maximum absolute atomic E-state index is 12.1. The first-order valence-corrected chi connectivity index (χ1v) is 8.49. The number of rotatable bonds is 3. The fourth-order valence-electron chi connectivity index (χ4n) is 2.71. The molecule has 3 rings (SSSR count). The lowest BCUT2D eigenvalue weighted by Crippen LogP contribution is -3.15. The van der Waals surface area contributed by atoms with Crippen molar-refractivity contribution in [3.63, 3.8) is 0 Å². The maximum Gasteiger partial charge on any atom is 0.286 e. The molecule has 7 heteroatoms. The third-order valence-electron chi connectivity index (χ3n) is 4.04. The number of benzene rings is 1. The van der Waals surface area contributed by atoms with E-state index in [9.17, 15) is 9.90 Å². The Labute approximate surface area is 139 Å². The quantitative estimate of drug-likeness (QED) is 0.653. The Kier molecular flexibility index (Phi) is 5.00. The maximum atomic E-state index is 12.1. The number of aliphatic hydroxyl groups excluding tert-OH is 1. The van der Waals surface area contributed by atoms with Gasteiger partial charge in [-0.05, 0) is 23.9 Å². The molecule has 0 unspecified atom stereocenters. The number of nitrogens with zero attached hydrogens (tertiary/aromatic N) is 2. The molecule has 2 aliphatic heterocycles. The highest BCUT2D eigenvalue weighted by Crippen LogP contribution is 2.31. The zero-order valence-corrected chi connectivity index (χ0v) is 13.6. The lowest BCUT2D eigenvalue weighted by molar-refractivity contribution is -0.904. The molecule has 1 amide bonds. The molecule has 2 aliphatic rings. The van der Waals surface area contributed by atoms with Crippen LogP contribution in [0.2, 0.25) is 0 Å². The van der Waals surface area contributed by atoms with E-state index in [2.05, 4.69) is 9.89 Å². The van der Waals surface area contributed by atoms with Gasteiger partial charge in [-0.15, -0.1) is 0 Å². The summed E-state index contributed by atoms with van der Waals surface area (Å²) in [5.41, 5.74) is 0.622. The van der Waals surface area contributed by atoms with Gasteiger partial charge in [-0.2, -0.15) is 4.99 Å². The number of amides is 1. The number of nitrogens with one attached hydrogen (secondary N) is 1. The van der Waals surface area contributed by atoms with Crippen molar-refractivity contribution >= 4 is 28.9 Å². The number of phenolic OH excluding ortho intramolecular Hbond substituents is 1. The summed E-state index contributed by atoms with van der Waals surface area (Å²) in [5.74, 6) is -0.0959. The molecule has 0 atom stereocenters. The highest BCUT2D eigenvalue weighted by atomic mass is 32.2. The molecule has 0 bridgehead atoms. The lowest BCUT2D eigenvalue weighted by Gasteiger charge is -2.32. The van der Waals surface area contributed by atoms with E-state index in [-0.39, 0.29) is 18.3 Å². The summed E-state index contributed by atoms with van der Waals surface area (Å²) in [6.07, 6.45) is 1.69. The normalized spacial score (nSPS) is 21.1. The summed E-state index contributed by atoms with van der Waals surface area (Å²) in [6, 6.07) is 6.94. The Morgan fingerprint density at radius 2 is 2.04 bits per heavy atom. The van der Waals surface area contributed by atoms with Crippen LogP contribution in [0.1, 0.15) is 5.56 Å². The number of quaternary nitrogens is 1. The van der Waals surface area contributed by atoms with Crippen molar-refractivity contribution in [3.05, 3.63) is 34.7 Å². The average Bonchev–Trinajstić information content (AvgIpc) is 2.92. The number of para-hydroxylation sites is 1. The van der Waals surface area contributed by atoms with Crippen LogP contribution in [0.25, 0.3) is 6.08 Å². The molecule has 1 aromatic carbocycles. The van der Waals surface area contributed by atoms with Crippen LogP contribution in [0, 0.1) is 0 Å². The predicted octanol–water partition coefficient (Wildman–Crippen LogP) is -0.445. The number of hydrogen-bond donors (Lipinski definition) is 3. The fourth-order valence-corrected chi connectivity index (χ4v) is 3.66. The first-order chi connectivity index (χ1) is 11.2.